The maximum Gasteiger partial charge on any atom is 0.372 e. The Morgan fingerprint density at radius 3 is 1.75 bits per heavy atom. The zero-order chi connectivity index (χ0) is 9.72. The second-order valence-electron chi connectivity index (χ2n) is 2.01. The van der Waals surface area contributed by atoms with Gasteiger partial charge in [-0.15, -0.1) is 0 Å². The number of carboxylic acid groups (broad SMARTS) is 2. The average Bonchev–Trinajstić information content (AvgIpc) is 1.84. The van der Waals surface area contributed by atoms with Crippen LogP contribution >= 0.6 is 0 Å². The third-order valence-corrected chi connectivity index (χ3v) is 0.945. The number of aliphatic carboxylic acids is 2. The Morgan fingerprint density at radius 2 is 1.42 bits per heavy atom. The second-order valence-corrected chi connectivity index (χ2v) is 2.01. The van der Waals surface area contributed by atoms with Crippen LogP contribution in [0, 0.1) is 0 Å². The fourth-order valence-corrected chi connectivity index (χ4v) is 0.486. The van der Waals surface area contributed by atoms with E-state index >= 15 is 0 Å². The Hall–Kier alpha value is -1.72. The molecular weight excluding hydrogens is 168 g/mol. The molecule has 0 amide bonds. The van der Waals surface area contributed by atoms with Crippen LogP contribution in [0.2, 0.25) is 0 Å². The predicted octanol–water partition coefficient (Wildman–Crippen LogP) is -0.926. The lowest BCUT2D eigenvalue weighted by atomic mass is 10.1. The van der Waals surface area contributed by atoms with E-state index in [-0.39, 0.29) is 0 Å². The van der Waals surface area contributed by atoms with Crippen molar-refractivity contribution >= 4 is 23.5 Å². The van der Waals surface area contributed by atoms with Gasteiger partial charge in [0.25, 0.3) is 0 Å². The van der Waals surface area contributed by atoms with Gasteiger partial charge in [0, 0.05) is 0 Å². The number of carbonyl (C=O) groups excluding carboxylic acids is 2. The summed E-state index contributed by atoms with van der Waals surface area (Å²) in [6.07, 6.45) is -1.68. The van der Waals surface area contributed by atoms with Crippen molar-refractivity contribution in [2.45, 2.75) is 12.8 Å². The van der Waals surface area contributed by atoms with E-state index in [1.165, 1.54) is 0 Å². The number of ketones is 2. The predicted molar refractivity (Wildman–Crippen MR) is 34.5 cm³/mol. The highest BCUT2D eigenvalue weighted by Crippen LogP contribution is 1.91. The molecule has 0 aromatic rings. The van der Waals surface area contributed by atoms with Crippen molar-refractivity contribution in [3.8, 4) is 0 Å². The zero-order valence-corrected chi connectivity index (χ0v) is 5.94. The van der Waals surface area contributed by atoms with E-state index in [1.54, 1.807) is 0 Å². The molecular formula is C6H6O6. The van der Waals surface area contributed by atoms with Crippen molar-refractivity contribution in [2.75, 3.05) is 0 Å². The van der Waals surface area contributed by atoms with Gasteiger partial charge in [-0.25, -0.2) is 4.79 Å². The topological polar surface area (TPSA) is 109 Å². The van der Waals surface area contributed by atoms with E-state index in [4.69, 9.17) is 10.2 Å². The van der Waals surface area contributed by atoms with Crippen molar-refractivity contribution in [3.05, 3.63) is 0 Å². The summed E-state index contributed by atoms with van der Waals surface area (Å²) in [5.41, 5.74) is 0. The molecule has 0 spiro atoms. The molecule has 0 saturated carbocycles. The van der Waals surface area contributed by atoms with E-state index in [2.05, 4.69) is 0 Å². The van der Waals surface area contributed by atoms with E-state index in [0.29, 0.717) is 0 Å². The number of Topliss-reactive ketones (excluding diaryl/α,β-unsaturated/α-hetero) is 2. The first kappa shape index (κ1) is 10.3. The Kier molecular flexibility index (Phi) is 3.61. The summed E-state index contributed by atoms with van der Waals surface area (Å²) in [6, 6.07) is 0. The largest absolute Gasteiger partial charge is 0.481 e. The molecule has 0 aliphatic carbocycles. The summed E-state index contributed by atoms with van der Waals surface area (Å²) >= 11 is 0. The number of hydrogen-bond donors (Lipinski definition) is 2. The van der Waals surface area contributed by atoms with Gasteiger partial charge in [0.15, 0.2) is 5.78 Å². The molecule has 66 valence electrons. The quantitative estimate of drug-likeness (QED) is 0.411. The number of carbonyl (C=O) groups is 4. The fraction of sp³-hybridized carbons (Fsp3) is 0.333. The Balaban J connectivity index is 3.94. The first-order valence-corrected chi connectivity index (χ1v) is 2.93. The van der Waals surface area contributed by atoms with Crippen molar-refractivity contribution in [1.82, 2.24) is 0 Å². The Morgan fingerprint density at radius 1 is 0.917 bits per heavy atom. The SMILES string of the molecule is O=C(O)CC(=O)CC(=O)C(=O)O. The molecule has 6 heteroatoms. The standard InChI is InChI=1S/C6H6O6/c7-3(2-5(9)10)1-4(8)6(11)12/h1-2H2,(H,9,10)(H,11,12). The Labute approximate surface area is 66.8 Å². The lowest BCUT2D eigenvalue weighted by Crippen LogP contribution is -2.18. The minimum atomic E-state index is -1.73. The highest BCUT2D eigenvalue weighted by Gasteiger charge is 2.17. The van der Waals surface area contributed by atoms with Gasteiger partial charge in [-0.1, -0.05) is 0 Å². The molecule has 0 atom stereocenters. The van der Waals surface area contributed by atoms with Gasteiger partial charge >= 0.3 is 11.9 Å². The first-order chi connectivity index (χ1) is 5.43. The lowest BCUT2D eigenvalue weighted by Gasteiger charge is -1.92. The summed E-state index contributed by atoms with van der Waals surface area (Å²) in [5.74, 6) is -5.30. The molecule has 0 aromatic heterocycles. The van der Waals surface area contributed by atoms with Crippen LogP contribution in [0.15, 0.2) is 0 Å². The van der Waals surface area contributed by atoms with E-state index in [1.807, 2.05) is 0 Å². The maximum absolute atomic E-state index is 10.5. The highest BCUT2D eigenvalue weighted by molar-refractivity contribution is 6.36. The van der Waals surface area contributed by atoms with Crippen LogP contribution in [0.25, 0.3) is 0 Å². The molecule has 0 saturated heterocycles. The van der Waals surface area contributed by atoms with Crippen LogP contribution in [-0.4, -0.2) is 33.7 Å². The summed E-state index contributed by atoms with van der Waals surface area (Å²) < 4.78 is 0. The van der Waals surface area contributed by atoms with Gasteiger partial charge in [-0.2, -0.15) is 0 Å². The highest BCUT2D eigenvalue weighted by atomic mass is 16.4. The summed E-state index contributed by atoms with van der Waals surface area (Å²) in [6.45, 7) is 0. The molecule has 12 heavy (non-hydrogen) atoms. The summed E-state index contributed by atoms with van der Waals surface area (Å²) in [4.78, 5) is 40.6. The average molecular weight is 174 g/mol. The second kappa shape index (κ2) is 4.22. The molecule has 0 aromatic carbocycles. The smallest absolute Gasteiger partial charge is 0.372 e. The molecule has 2 N–H and O–H groups in total. The summed E-state index contributed by atoms with van der Waals surface area (Å²) in [5, 5.41) is 16.1. The summed E-state index contributed by atoms with van der Waals surface area (Å²) in [7, 11) is 0. The van der Waals surface area contributed by atoms with Crippen LogP contribution in [0.1, 0.15) is 12.8 Å². The van der Waals surface area contributed by atoms with Crippen LogP contribution in [0.4, 0.5) is 0 Å². The van der Waals surface area contributed by atoms with Gasteiger partial charge in [-0.05, 0) is 0 Å². The minimum absolute atomic E-state index is 0.820. The van der Waals surface area contributed by atoms with Crippen LogP contribution < -0.4 is 0 Å². The van der Waals surface area contributed by atoms with Crippen LogP contribution in [0.5, 0.6) is 0 Å². The lowest BCUT2D eigenvalue weighted by molar-refractivity contribution is -0.150. The molecule has 0 rings (SSSR count). The molecule has 0 unspecified atom stereocenters. The Bertz CT molecular complexity index is 240. The van der Waals surface area contributed by atoms with Crippen LogP contribution in [0.3, 0.4) is 0 Å². The minimum Gasteiger partial charge on any atom is -0.481 e. The fourth-order valence-electron chi connectivity index (χ4n) is 0.486. The molecule has 0 heterocycles. The normalized spacial score (nSPS) is 9.00. The van der Waals surface area contributed by atoms with Gasteiger partial charge in [0.05, 0.1) is 6.42 Å². The van der Waals surface area contributed by atoms with E-state index in [0.717, 1.165) is 0 Å². The monoisotopic (exact) mass is 174 g/mol. The molecule has 0 fully saturated rings. The van der Waals surface area contributed by atoms with Crippen molar-refractivity contribution in [2.24, 2.45) is 0 Å². The van der Waals surface area contributed by atoms with Gasteiger partial charge in [0.2, 0.25) is 5.78 Å². The zero-order valence-electron chi connectivity index (χ0n) is 5.94. The third-order valence-electron chi connectivity index (χ3n) is 0.945. The molecule has 0 bridgehead atoms. The first-order valence-electron chi connectivity index (χ1n) is 2.93. The maximum atomic E-state index is 10.5. The van der Waals surface area contributed by atoms with Crippen molar-refractivity contribution in [3.63, 3.8) is 0 Å². The van der Waals surface area contributed by atoms with Gasteiger partial charge < -0.3 is 10.2 Å². The number of hydrogen-bond acceptors (Lipinski definition) is 4. The number of rotatable bonds is 5. The van der Waals surface area contributed by atoms with E-state index < -0.39 is 36.3 Å². The molecule has 6 nitrogen and oxygen atoms in total. The molecule has 0 radical (unpaired) electrons. The molecule has 0 aliphatic rings. The van der Waals surface area contributed by atoms with Crippen LogP contribution in [-0.2, 0) is 19.2 Å². The van der Waals surface area contributed by atoms with E-state index in [9.17, 15) is 19.2 Å². The van der Waals surface area contributed by atoms with Crippen molar-refractivity contribution < 1.29 is 29.4 Å². The van der Waals surface area contributed by atoms with Crippen molar-refractivity contribution in [1.29, 1.82) is 0 Å². The van der Waals surface area contributed by atoms with Gasteiger partial charge in [-0.3, -0.25) is 14.4 Å². The van der Waals surface area contributed by atoms with Gasteiger partial charge in [0.1, 0.15) is 6.42 Å². The molecule has 0 aliphatic heterocycles. The number of carboxylic acids is 2. The third kappa shape index (κ3) is 4.15.